The molecule has 1 fully saturated rings. The molecule has 1 heterocycles. The van der Waals surface area contributed by atoms with Crippen LogP contribution in [0.25, 0.3) is 5.70 Å². The molecule has 0 saturated carbocycles. The molecule has 1 saturated heterocycles. The first kappa shape index (κ1) is 29.6. The van der Waals surface area contributed by atoms with Crippen LogP contribution in [0.5, 0.6) is 0 Å². The maximum absolute atomic E-state index is 12.3. The Hall–Kier alpha value is -3.93. The van der Waals surface area contributed by atoms with Crippen molar-refractivity contribution in [2.75, 3.05) is 39.8 Å². The largest absolute Gasteiger partial charge is 0.381 e. The van der Waals surface area contributed by atoms with Crippen LogP contribution in [0.4, 0.5) is 0 Å². The predicted octanol–water partition coefficient (Wildman–Crippen LogP) is 2.74. The summed E-state index contributed by atoms with van der Waals surface area (Å²) in [6.07, 6.45) is 6.80. The van der Waals surface area contributed by atoms with E-state index in [1.54, 1.807) is 18.3 Å². The van der Waals surface area contributed by atoms with E-state index in [1.807, 2.05) is 48.3 Å². The van der Waals surface area contributed by atoms with Crippen molar-refractivity contribution in [2.45, 2.75) is 38.1 Å². The third-order valence-corrected chi connectivity index (χ3v) is 6.70. The Kier molecular flexibility index (Phi) is 12.2. The second-order valence-electron chi connectivity index (χ2n) is 9.52. The lowest BCUT2D eigenvalue weighted by Gasteiger charge is -2.25. The molecule has 0 radical (unpaired) electrons. The number of rotatable bonds is 13. The zero-order valence-electron chi connectivity index (χ0n) is 22.8. The number of hydrogen-bond acceptors (Lipinski definition) is 6. The number of aliphatic imine (C=N–C) groups is 1. The topological polar surface area (TPSA) is 112 Å². The fourth-order valence-corrected chi connectivity index (χ4v) is 4.52. The van der Waals surface area contributed by atoms with Gasteiger partial charge in [-0.25, -0.2) is 0 Å². The molecule has 1 atom stereocenters. The van der Waals surface area contributed by atoms with Crippen molar-refractivity contribution < 1.29 is 9.59 Å². The molecule has 0 aromatic heterocycles. The van der Waals surface area contributed by atoms with Crippen molar-refractivity contribution in [3.8, 4) is 11.8 Å². The van der Waals surface area contributed by atoms with Gasteiger partial charge in [0, 0.05) is 48.6 Å². The highest BCUT2D eigenvalue weighted by molar-refractivity contribution is 5.94. The van der Waals surface area contributed by atoms with E-state index in [-0.39, 0.29) is 24.4 Å². The molecule has 206 valence electrons. The van der Waals surface area contributed by atoms with Crippen molar-refractivity contribution in [3.05, 3.63) is 77.0 Å². The normalized spacial score (nSPS) is 14.9. The highest BCUT2D eigenvalue weighted by Crippen LogP contribution is 2.19. The van der Waals surface area contributed by atoms with E-state index < -0.39 is 0 Å². The first-order chi connectivity index (χ1) is 19.0. The van der Waals surface area contributed by atoms with Gasteiger partial charge in [-0.1, -0.05) is 30.4 Å². The molecule has 39 heavy (non-hydrogen) atoms. The van der Waals surface area contributed by atoms with Gasteiger partial charge >= 0.3 is 0 Å². The molecule has 1 aliphatic heterocycles. The second-order valence-corrected chi connectivity index (χ2v) is 9.52. The first-order valence-electron chi connectivity index (χ1n) is 13.6. The minimum atomic E-state index is -0.0585. The summed E-state index contributed by atoms with van der Waals surface area (Å²) in [7, 11) is 1.95. The molecule has 0 aliphatic carbocycles. The molecule has 8 nitrogen and oxygen atoms in total. The molecular formula is C31H40N6O2. The summed E-state index contributed by atoms with van der Waals surface area (Å²) in [5.41, 5.74) is 9.71. The summed E-state index contributed by atoms with van der Waals surface area (Å²) in [6.45, 7) is 6.69. The number of nitrogens with two attached hydrogens (primary N) is 1. The van der Waals surface area contributed by atoms with E-state index >= 15 is 0 Å². The van der Waals surface area contributed by atoms with Crippen LogP contribution in [-0.2, 0) is 4.79 Å². The molecule has 0 bridgehead atoms. The summed E-state index contributed by atoms with van der Waals surface area (Å²) >= 11 is 0. The Morgan fingerprint density at radius 2 is 1.64 bits per heavy atom. The van der Waals surface area contributed by atoms with Gasteiger partial charge in [0.25, 0.3) is 5.91 Å². The summed E-state index contributed by atoms with van der Waals surface area (Å²) in [5, 5.41) is 9.53. The number of unbranched alkanes of at least 4 members (excludes halogenated alkanes) is 2. The van der Waals surface area contributed by atoms with Crippen LogP contribution >= 0.6 is 0 Å². The van der Waals surface area contributed by atoms with E-state index in [9.17, 15) is 9.59 Å². The fraction of sp³-hybridized carbons (Fsp3) is 0.387. The monoisotopic (exact) mass is 528 g/mol. The molecule has 1 unspecified atom stereocenters. The van der Waals surface area contributed by atoms with E-state index in [0.29, 0.717) is 18.7 Å². The van der Waals surface area contributed by atoms with Crippen LogP contribution in [0.3, 0.4) is 0 Å². The van der Waals surface area contributed by atoms with Gasteiger partial charge in [0.05, 0.1) is 12.2 Å². The maximum atomic E-state index is 12.3. The van der Waals surface area contributed by atoms with Crippen molar-refractivity contribution >= 4 is 24.2 Å². The summed E-state index contributed by atoms with van der Waals surface area (Å²) in [4.78, 5) is 30.2. The van der Waals surface area contributed by atoms with Crippen LogP contribution in [0, 0.1) is 11.8 Å². The van der Waals surface area contributed by atoms with Crippen LogP contribution in [-0.4, -0.2) is 69.2 Å². The number of nitrogens with one attached hydrogen (secondary N) is 3. The number of carbonyl (C=O) groups excluding carboxylic acids is 2. The van der Waals surface area contributed by atoms with Gasteiger partial charge in [-0.2, -0.15) is 0 Å². The zero-order valence-corrected chi connectivity index (χ0v) is 22.8. The lowest BCUT2D eigenvalue weighted by atomic mass is 10.1. The van der Waals surface area contributed by atoms with Crippen molar-refractivity contribution in [2.24, 2.45) is 10.7 Å². The quantitative estimate of drug-likeness (QED) is 0.182. The molecule has 5 N–H and O–H groups in total. The van der Waals surface area contributed by atoms with Gasteiger partial charge in [0.2, 0.25) is 5.91 Å². The number of benzene rings is 2. The molecule has 2 amide bonds. The van der Waals surface area contributed by atoms with Gasteiger partial charge in [-0.15, -0.1) is 0 Å². The highest BCUT2D eigenvalue weighted by Gasteiger charge is 2.27. The van der Waals surface area contributed by atoms with E-state index in [4.69, 9.17) is 5.73 Å². The average molecular weight is 529 g/mol. The number of nitrogens with zero attached hydrogens (tertiary/aromatic N) is 2. The summed E-state index contributed by atoms with van der Waals surface area (Å²) < 4.78 is 0. The molecule has 1 aliphatic rings. The average Bonchev–Trinajstić information content (AvgIpc) is 3.45. The molecule has 2 aromatic carbocycles. The van der Waals surface area contributed by atoms with Gasteiger partial charge in [-0.05, 0) is 88.0 Å². The summed E-state index contributed by atoms with van der Waals surface area (Å²) in [5.74, 6) is 6.27. The Balaban J connectivity index is 1.54. The zero-order chi connectivity index (χ0) is 27.9. The second kappa shape index (κ2) is 16.1. The number of carbonyl (C=O) groups is 2. The van der Waals surface area contributed by atoms with Crippen molar-refractivity contribution in [3.63, 3.8) is 0 Å². The minimum Gasteiger partial charge on any atom is -0.381 e. The molecule has 0 spiro atoms. The third-order valence-electron chi connectivity index (χ3n) is 6.70. The van der Waals surface area contributed by atoms with Gasteiger partial charge < -0.3 is 26.6 Å². The van der Waals surface area contributed by atoms with Gasteiger partial charge in [-0.3, -0.25) is 14.6 Å². The molecular weight excluding hydrogens is 488 g/mol. The van der Waals surface area contributed by atoms with E-state index in [0.717, 1.165) is 67.6 Å². The third kappa shape index (κ3) is 9.40. The van der Waals surface area contributed by atoms with E-state index in [2.05, 4.69) is 39.5 Å². The van der Waals surface area contributed by atoms with Gasteiger partial charge in [0.1, 0.15) is 0 Å². The lowest BCUT2D eigenvalue weighted by molar-refractivity contribution is -0.130. The standard InChI is InChI=1S/C31H40N6O2/c1-33-18-4-3-5-19-35-31(39)27-16-12-25(13-17-27)9-8-24-10-14-26(15-11-24)29(23-34-2)36-22-28-7-6-20-37(28)30(38)21-32/h10-17,23,28,33,36H,2-7,18-22,32H2,1H3,(H,35,39)/b29-23-. The smallest absolute Gasteiger partial charge is 0.251 e. The Bertz CT molecular complexity index is 1180. The Morgan fingerprint density at radius 1 is 1.00 bits per heavy atom. The van der Waals surface area contributed by atoms with Gasteiger partial charge in [0.15, 0.2) is 0 Å². The van der Waals surface area contributed by atoms with E-state index in [1.165, 1.54) is 0 Å². The van der Waals surface area contributed by atoms with Crippen LogP contribution in [0.15, 0.2) is 59.7 Å². The Morgan fingerprint density at radius 3 is 2.26 bits per heavy atom. The van der Waals surface area contributed by atoms with Crippen molar-refractivity contribution in [1.82, 2.24) is 20.9 Å². The SMILES string of the molecule is C=N/C=C(\NCC1CCCN1C(=O)CN)c1ccc(C#Cc2ccc(C(=O)NCCCCCNC)cc2)cc1. The van der Waals surface area contributed by atoms with Crippen LogP contribution < -0.4 is 21.7 Å². The molecule has 2 aromatic rings. The highest BCUT2D eigenvalue weighted by atomic mass is 16.2. The predicted molar refractivity (Wildman–Crippen MR) is 158 cm³/mol. The minimum absolute atomic E-state index is 0.0150. The summed E-state index contributed by atoms with van der Waals surface area (Å²) in [6, 6.07) is 15.3. The first-order valence-corrected chi connectivity index (χ1v) is 13.6. The number of likely N-dealkylation sites (tertiary alicyclic amines) is 1. The molecule has 3 rings (SSSR count). The maximum Gasteiger partial charge on any atom is 0.251 e. The van der Waals surface area contributed by atoms with Crippen LogP contribution in [0.1, 0.15) is 59.2 Å². The van der Waals surface area contributed by atoms with Crippen molar-refractivity contribution in [1.29, 1.82) is 0 Å². The lowest BCUT2D eigenvalue weighted by Crippen LogP contribution is -2.43. The molecule has 8 heteroatoms. The number of amides is 2. The fourth-order valence-electron chi connectivity index (χ4n) is 4.52. The number of hydrogen-bond donors (Lipinski definition) is 4. The Labute approximate surface area is 232 Å². The van der Waals surface area contributed by atoms with Crippen LogP contribution in [0.2, 0.25) is 0 Å².